The van der Waals surface area contributed by atoms with Crippen molar-refractivity contribution in [2.24, 2.45) is 0 Å². The first-order chi connectivity index (χ1) is 12.7. The largest absolute Gasteiger partial charge is 0.368 e. The Morgan fingerprint density at radius 2 is 1.69 bits per heavy atom. The van der Waals surface area contributed by atoms with Crippen LogP contribution in [0.15, 0.2) is 59.8 Å². The fourth-order valence-corrected chi connectivity index (χ4v) is 3.02. The number of rotatable bonds is 7. The number of benzene rings is 2. The maximum absolute atomic E-state index is 12.3. The number of nitrogens with one attached hydrogen (secondary N) is 2. The van der Waals surface area contributed by atoms with Gasteiger partial charge in [0.25, 0.3) is 0 Å². The maximum Gasteiger partial charge on any atom is 0.244 e. The maximum atomic E-state index is 12.3. The molecule has 0 aliphatic carbocycles. The van der Waals surface area contributed by atoms with Gasteiger partial charge in [-0.1, -0.05) is 36.9 Å². The fourth-order valence-electron chi connectivity index (χ4n) is 2.35. The highest BCUT2D eigenvalue weighted by molar-refractivity contribution is 7.99. The van der Waals surface area contributed by atoms with Crippen molar-refractivity contribution >= 4 is 40.7 Å². The molecule has 7 nitrogen and oxygen atoms in total. The van der Waals surface area contributed by atoms with Crippen molar-refractivity contribution in [3.63, 3.8) is 0 Å². The van der Waals surface area contributed by atoms with E-state index in [2.05, 4.69) is 20.8 Å². The van der Waals surface area contributed by atoms with E-state index in [1.54, 1.807) is 4.57 Å². The van der Waals surface area contributed by atoms with Crippen LogP contribution in [-0.2, 0) is 11.3 Å². The van der Waals surface area contributed by atoms with Gasteiger partial charge in [0.2, 0.25) is 11.9 Å². The number of amides is 1. The normalized spacial score (nSPS) is 10.5. The van der Waals surface area contributed by atoms with E-state index in [-0.39, 0.29) is 18.4 Å². The average Bonchev–Trinajstić information content (AvgIpc) is 2.98. The average molecular weight is 368 g/mol. The zero-order valence-corrected chi connectivity index (χ0v) is 15.2. The number of anilines is 4. The predicted molar refractivity (Wildman–Crippen MR) is 106 cm³/mol. The smallest absolute Gasteiger partial charge is 0.244 e. The number of hydrogen-bond donors (Lipinski definition) is 3. The number of nitrogens with two attached hydrogens (primary N) is 1. The lowest BCUT2D eigenvalue weighted by Crippen LogP contribution is -2.20. The lowest BCUT2D eigenvalue weighted by Gasteiger charge is -2.10. The molecular formula is C18H20N6OS. The molecule has 3 rings (SSSR count). The van der Waals surface area contributed by atoms with Crippen molar-refractivity contribution in [3.8, 4) is 0 Å². The van der Waals surface area contributed by atoms with Crippen molar-refractivity contribution in [3.05, 3.63) is 54.6 Å². The van der Waals surface area contributed by atoms with Crippen LogP contribution in [0.5, 0.6) is 0 Å². The molecule has 0 fully saturated rings. The topological polar surface area (TPSA) is 97.9 Å². The Kier molecular flexibility index (Phi) is 5.75. The van der Waals surface area contributed by atoms with Crippen LogP contribution in [0.1, 0.15) is 6.92 Å². The van der Waals surface area contributed by atoms with Crippen LogP contribution >= 0.6 is 11.8 Å². The summed E-state index contributed by atoms with van der Waals surface area (Å²) < 4.78 is 1.61. The number of carbonyl (C=O) groups is 1. The van der Waals surface area contributed by atoms with Crippen LogP contribution in [0, 0.1) is 0 Å². The van der Waals surface area contributed by atoms with Gasteiger partial charge >= 0.3 is 0 Å². The molecule has 0 bridgehead atoms. The minimum atomic E-state index is -0.182. The van der Waals surface area contributed by atoms with E-state index in [1.807, 2.05) is 61.5 Å². The van der Waals surface area contributed by atoms with E-state index < -0.39 is 0 Å². The second-order valence-electron chi connectivity index (χ2n) is 5.48. The zero-order valence-electron chi connectivity index (χ0n) is 14.3. The van der Waals surface area contributed by atoms with Crippen molar-refractivity contribution in [2.45, 2.75) is 18.6 Å². The van der Waals surface area contributed by atoms with Gasteiger partial charge in [-0.2, -0.15) is 0 Å². The molecule has 0 aliphatic heterocycles. The van der Waals surface area contributed by atoms with E-state index in [4.69, 9.17) is 5.73 Å². The molecule has 26 heavy (non-hydrogen) atoms. The number of aromatic nitrogens is 3. The summed E-state index contributed by atoms with van der Waals surface area (Å²) in [6.45, 7) is 2.08. The minimum Gasteiger partial charge on any atom is -0.368 e. The number of nitrogens with zero attached hydrogens (tertiary/aromatic N) is 3. The Balaban J connectivity index is 1.60. The molecule has 0 spiro atoms. The van der Waals surface area contributed by atoms with Crippen LogP contribution in [0.3, 0.4) is 0 Å². The summed E-state index contributed by atoms with van der Waals surface area (Å²) in [4.78, 5) is 12.3. The molecule has 1 aromatic heterocycles. The number of hydrogen-bond acceptors (Lipinski definition) is 6. The molecule has 0 unspecified atom stereocenters. The molecule has 134 valence electrons. The highest BCUT2D eigenvalue weighted by Gasteiger charge is 2.13. The quantitative estimate of drug-likeness (QED) is 0.553. The Hall–Kier alpha value is -3.00. The summed E-state index contributed by atoms with van der Waals surface area (Å²) in [5.74, 6) is 0.882. The van der Waals surface area contributed by atoms with E-state index in [9.17, 15) is 4.79 Å². The Labute approximate surface area is 156 Å². The van der Waals surface area contributed by atoms with Crippen molar-refractivity contribution < 1.29 is 4.79 Å². The summed E-state index contributed by atoms with van der Waals surface area (Å²) >= 11 is 1.49. The number of thioether (sulfide) groups is 1. The molecule has 4 N–H and O–H groups in total. The number of carbonyl (C=O) groups excluding carboxylic acids is 1. The Bertz CT molecular complexity index is 863. The van der Waals surface area contributed by atoms with Crippen molar-refractivity contribution in [2.75, 3.05) is 22.1 Å². The molecule has 1 amide bonds. The molecule has 0 atom stereocenters. The summed E-state index contributed by atoms with van der Waals surface area (Å²) in [5, 5.41) is 14.6. The van der Waals surface area contributed by atoms with E-state index >= 15 is 0 Å². The summed E-state index contributed by atoms with van der Waals surface area (Å²) in [7, 11) is 0. The zero-order chi connectivity index (χ0) is 18.4. The van der Waals surface area contributed by atoms with Gasteiger partial charge < -0.3 is 16.4 Å². The van der Waals surface area contributed by atoms with Crippen LogP contribution in [0.2, 0.25) is 0 Å². The minimum absolute atomic E-state index is 0.0746. The Morgan fingerprint density at radius 3 is 2.38 bits per heavy atom. The van der Waals surface area contributed by atoms with E-state index in [0.29, 0.717) is 10.8 Å². The summed E-state index contributed by atoms with van der Waals surface area (Å²) in [6, 6.07) is 17.4. The van der Waals surface area contributed by atoms with Gasteiger partial charge in [0.15, 0.2) is 5.16 Å². The molecule has 8 heteroatoms. The molecule has 0 radical (unpaired) electrons. The third-order valence-electron chi connectivity index (χ3n) is 3.55. The Morgan fingerprint density at radius 1 is 1.04 bits per heavy atom. The third kappa shape index (κ3) is 4.54. The van der Waals surface area contributed by atoms with Gasteiger partial charge in [-0.15, -0.1) is 10.2 Å². The van der Waals surface area contributed by atoms with Gasteiger partial charge in [-0.25, -0.2) is 0 Å². The van der Waals surface area contributed by atoms with Gasteiger partial charge in [0.05, 0.1) is 0 Å². The number of nitrogen functional groups attached to an aromatic ring is 1. The second kappa shape index (κ2) is 8.39. The van der Waals surface area contributed by atoms with Crippen LogP contribution in [0.25, 0.3) is 0 Å². The predicted octanol–water partition coefficient (Wildman–Crippen LogP) is 3.35. The first kappa shape index (κ1) is 17.8. The molecule has 3 aromatic rings. The molecule has 0 saturated heterocycles. The summed E-state index contributed by atoms with van der Waals surface area (Å²) in [6.07, 6.45) is 0. The third-order valence-corrected chi connectivity index (χ3v) is 4.40. The van der Waals surface area contributed by atoms with E-state index in [1.165, 1.54) is 11.8 Å². The molecule has 2 aromatic carbocycles. The number of para-hydroxylation sites is 1. The summed E-state index contributed by atoms with van der Waals surface area (Å²) in [5.41, 5.74) is 8.46. The molecule has 0 saturated carbocycles. The van der Waals surface area contributed by atoms with Gasteiger partial charge in [0, 0.05) is 17.1 Å². The monoisotopic (exact) mass is 368 g/mol. The standard InChI is InChI=1S/C18H20N6OS/c1-2-26-18-23-22-17(19)24(18)12-16(25)21-15-10-8-14(9-11-15)20-13-6-4-3-5-7-13/h3-11,20H,2,12H2,1H3,(H2,19,22)(H,21,25). The van der Waals surface area contributed by atoms with Crippen LogP contribution < -0.4 is 16.4 Å². The molecule has 0 aliphatic rings. The van der Waals surface area contributed by atoms with E-state index in [0.717, 1.165) is 17.1 Å². The molecular weight excluding hydrogens is 348 g/mol. The van der Waals surface area contributed by atoms with Crippen molar-refractivity contribution in [1.29, 1.82) is 0 Å². The highest BCUT2D eigenvalue weighted by Crippen LogP contribution is 2.20. The SMILES string of the molecule is CCSc1nnc(N)n1CC(=O)Nc1ccc(Nc2ccccc2)cc1. The lowest BCUT2D eigenvalue weighted by atomic mass is 10.2. The molecule has 1 heterocycles. The first-order valence-electron chi connectivity index (χ1n) is 8.19. The fraction of sp³-hybridized carbons (Fsp3) is 0.167. The van der Waals surface area contributed by atoms with Crippen LogP contribution in [-0.4, -0.2) is 26.4 Å². The lowest BCUT2D eigenvalue weighted by molar-refractivity contribution is -0.116. The van der Waals surface area contributed by atoms with Gasteiger partial charge in [-0.05, 0) is 42.2 Å². The first-order valence-corrected chi connectivity index (χ1v) is 9.17. The van der Waals surface area contributed by atoms with Gasteiger partial charge in [-0.3, -0.25) is 9.36 Å². The second-order valence-corrected chi connectivity index (χ2v) is 6.71. The van der Waals surface area contributed by atoms with Crippen molar-refractivity contribution in [1.82, 2.24) is 14.8 Å². The van der Waals surface area contributed by atoms with Gasteiger partial charge in [0.1, 0.15) is 6.54 Å². The highest BCUT2D eigenvalue weighted by atomic mass is 32.2. The van der Waals surface area contributed by atoms with Crippen LogP contribution in [0.4, 0.5) is 23.0 Å².